The third-order valence-electron chi connectivity index (χ3n) is 13.5. The minimum absolute atomic E-state index is 0.0368. The number of nitrogens with one attached hydrogen (secondary N) is 4. The second kappa shape index (κ2) is 35.5. The minimum atomic E-state index is -4.90. The summed E-state index contributed by atoms with van der Waals surface area (Å²) in [6.45, 7) is 15.5. The van der Waals surface area contributed by atoms with Crippen molar-refractivity contribution >= 4 is 63.2 Å². The van der Waals surface area contributed by atoms with E-state index in [4.69, 9.17) is 24.5 Å². The first-order valence-corrected chi connectivity index (χ1v) is 30.4. The molecule has 2 rings (SSSR count). The van der Waals surface area contributed by atoms with Gasteiger partial charge in [0.15, 0.2) is 6.10 Å². The Morgan fingerprint density at radius 2 is 1.47 bits per heavy atom. The fourth-order valence-corrected chi connectivity index (χ4v) is 10.5. The maximum absolute atomic E-state index is 14.3. The number of alkyl carbamates (subject to hydrolysis) is 1. The van der Waals surface area contributed by atoms with E-state index in [1.165, 1.54) is 45.8 Å². The zero-order valence-corrected chi connectivity index (χ0v) is 50.8. The van der Waals surface area contributed by atoms with Crippen LogP contribution in [-0.4, -0.2) is 157 Å². The maximum Gasteiger partial charge on any atom is 0.481 e. The lowest BCUT2D eigenvalue weighted by Gasteiger charge is -2.33. The van der Waals surface area contributed by atoms with Gasteiger partial charge in [0.2, 0.25) is 23.6 Å². The van der Waals surface area contributed by atoms with Crippen LogP contribution in [-0.2, 0) is 76.7 Å². The fourth-order valence-electron chi connectivity index (χ4n) is 8.34. The van der Waals surface area contributed by atoms with E-state index in [0.29, 0.717) is 49.7 Å². The SMILES string of the molecule is C/C=C(\C)[C@H]1OC(=O)[C@@H](C)NC(=O)[C@H]([C@H](C)CC)NC(=O)CN(C)C(=O)[C@@H](Cc2ccccc2)N(C)C(=O)[C@H](C)NC(=O)[C@@H](CC(C)C)OC(=O)/C(C)=C/C[C@H](OC(=O)NCCCCCCCOP(=O)(O)OP(=O)(O)OCCN)[C@@H]1C. The van der Waals surface area contributed by atoms with Crippen LogP contribution in [0.4, 0.5) is 4.79 Å². The zero-order valence-electron chi connectivity index (χ0n) is 49.0. The van der Waals surface area contributed by atoms with Gasteiger partial charge in [0.05, 0.1) is 19.8 Å². The molecule has 6 amide bonds. The van der Waals surface area contributed by atoms with Crippen LogP contribution in [0.15, 0.2) is 53.6 Å². The fraction of sp³-hybridized carbons (Fsp3) is 0.667. The van der Waals surface area contributed by atoms with Gasteiger partial charge in [-0.2, -0.15) is 4.31 Å². The number of cyclic esters (lactones) is 2. The van der Waals surface area contributed by atoms with Gasteiger partial charge in [0.25, 0.3) is 5.91 Å². The molecule has 2 unspecified atom stereocenters. The largest absolute Gasteiger partial charge is 0.481 e. The summed E-state index contributed by atoms with van der Waals surface area (Å²) in [5.41, 5.74) is 6.50. The molecule has 1 aliphatic rings. The Morgan fingerprint density at radius 3 is 2.07 bits per heavy atom. The van der Waals surface area contributed by atoms with Crippen molar-refractivity contribution in [3.63, 3.8) is 0 Å². The van der Waals surface area contributed by atoms with Crippen LogP contribution >= 0.6 is 15.6 Å². The molecule has 0 saturated heterocycles. The number of nitrogens with two attached hydrogens (primary N) is 1. The van der Waals surface area contributed by atoms with Crippen molar-refractivity contribution in [2.24, 2.45) is 23.5 Å². The molecule has 0 saturated carbocycles. The van der Waals surface area contributed by atoms with E-state index in [1.54, 1.807) is 64.1 Å². The van der Waals surface area contributed by atoms with E-state index in [0.717, 1.165) is 4.90 Å². The van der Waals surface area contributed by atoms with Crippen molar-refractivity contribution in [2.45, 2.75) is 170 Å². The number of phosphoric acid groups is 2. The molecule has 0 radical (unpaired) electrons. The Hall–Kier alpha value is -5.52. The van der Waals surface area contributed by atoms with E-state index in [9.17, 15) is 57.3 Å². The normalized spacial score (nSPS) is 25.7. The number of esters is 2. The van der Waals surface area contributed by atoms with Gasteiger partial charge < -0.3 is 60.8 Å². The number of hydrogen-bond acceptors (Lipinski definition) is 17. The number of benzene rings is 1. The summed E-state index contributed by atoms with van der Waals surface area (Å²) < 4.78 is 55.2. The van der Waals surface area contributed by atoms with E-state index in [-0.39, 0.29) is 57.1 Å². The maximum atomic E-state index is 14.3. The number of phosphoric ester groups is 2. The van der Waals surface area contributed by atoms with Crippen molar-refractivity contribution < 1.29 is 84.8 Å². The quantitative estimate of drug-likeness (QED) is 0.0260. The van der Waals surface area contributed by atoms with Gasteiger partial charge >= 0.3 is 33.7 Å². The lowest BCUT2D eigenvalue weighted by molar-refractivity contribution is -0.155. The topological polar surface area (TPSA) is 347 Å². The first kappa shape index (κ1) is 71.6. The number of carbonyl (C=O) groups excluding carboxylic acids is 8. The van der Waals surface area contributed by atoms with E-state index < -0.39 is 124 Å². The van der Waals surface area contributed by atoms with Crippen molar-refractivity contribution in [3.05, 3.63) is 59.2 Å². The molecule has 0 aromatic heterocycles. The monoisotopic (exact) mass is 1190 g/mol. The predicted molar refractivity (Wildman–Crippen MR) is 300 cm³/mol. The molecule has 0 bridgehead atoms. The number of hydrogen-bond donors (Lipinski definition) is 7. The smallest absolute Gasteiger partial charge is 0.456 e. The van der Waals surface area contributed by atoms with Crippen molar-refractivity contribution in [1.82, 2.24) is 31.1 Å². The van der Waals surface area contributed by atoms with Gasteiger partial charge in [-0.05, 0) is 76.9 Å². The van der Waals surface area contributed by atoms with Crippen LogP contribution in [0.1, 0.15) is 126 Å². The van der Waals surface area contributed by atoms with Crippen molar-refractivity contribution in [1.29, 1.82) is 0 Å². The average Bonchev–Trinajstić information content (AvgIpc) is 3.44. The molecular formula is C54H89N7O18P2. The molecule has 25 nitrogen and oxygen atoms in total. The summed E-state index contributed by atoms with van der Waals surface area (Å²) in [5, 5.41) is 10.8. The molecule has 27 heteroatoms. The van der Waals surface area contributed by atoms with Crippen LogP contribution in [0.3, 0.4) is 0 Å². The number of unbranched alkanes of at least 4 members (excludes halogenated alkanes) is 4. The highest BCUT2D eigenvalue weighted by atomic mass is 31.3. The lowest BCUT2D eigenvalue weighted by atomic mass is 9.90. The van der Waals surface area contributed by atoms with Gasteiger partial charge in [-0.15, -0.1) is 0 Å². The number of allylic oxidation sites excluding steroid dienone is 1. The molecule has 1 aliphatic heterocycles. The Morgan fingerprint density at radius 1 is 0.864 bits per heavy atom. The Balaban J connectivity index is 2.50. The third kappa shape index (κ3) is 25.7. The number of likely N-dealkylation sites (N-methyl/N-ethyl adjacent to an activating group) is 2. The number of carbonyl (C=O) groups is 8. The van der Waals surface area contributed by atoms with Crippen LogP contribution in [0.2, 0.25) is 0 Å². The molecule has 1 aromatic rings. The molecule has 0 spiro atoms. The van der Waals surface area contributed by atoms with E-state index in [1.807, 2.05) is 20.8 Å². The molecule has 0 aliphatic carbocycles. The molecule has 458 valence electrons. The Labute approximate surface area is 476 Å². The first-order valence-electron chi connectivity index (χ1n) is 27.4. The van der Waals surface area contributed by atoms with E-state index >= 15 is 0 Å². The molecule has 8 N–H and O–H groups in total. The summed E-state index contributed by atoms with van der Waals surface area (Å²) in [4.78, 5) is 133. The van der Waals surface area contributed by atoms with Gasteiger partial charge in [0.1, 0.15) is 36.4 Å². The summed E-state index contributed by atoms with van der Waals surface area (Å²) in [7, 11) is -6.97. The molecule has 11 atom stereocenters. The first-order chi connectivity index (χ1) is 38.0. The van der Waals surface area contributed by atoms with Crippen LogP contribution in [0.25, 0.3) is 0 Å². The van der Waals surface area contributed by atoms with E-state index in [2.05, 4.69) is 30.1 Å². The summed E-state index contributed by atoms with van der Waals surface area (Å²) in [5.74, 6) is -6.59. The van der Waals surface area contributed by atoms with Crippen molar-refractivity contribution in [2.75, 3.05) is 46.9 Å². The minimum Gasteiger partial charge on any atom is -0.456 e. The molecule has 1 aromatic carbocycles. The lowest BCUT2D eigenvalue weighted by Crippen LogP contribution is -2.57. The highest BCUT2D eigenvalue weighted by Gasteiger charge is 2.39. The van der Waals surface area contributed by atoms with Gasteiger partial charge in [-0.3, -0.25) is 33.0 Å². The highest BCUT2D eigenvalue weighted by Crippen LogP contribution is 2.60. The Kier molecular flexibility index (Phi) is 31.3. The highest BCUT2D eigenvalue weighted by molar-refractivity contribution is 7.61. The summed E-state index contributed by atoms with van der Waals surface area (Å²) in [6.07, 6.45) is 1.76. The van der Waals surface area contributed by atoms with Gasteiger partial charge in [0, 0.05) is 51.5 Å². The zero-order chi connectivity index (χ0) is 61.2. The number of nitrogens with zero attached hydrogens (tertiary/aromatic N) is 2. The number of ether oxygens (including phenoxy) is 3. The number of amides is 6. The third-order valence-corrected chi connectivity index (χ3v) is 16.1. The molecule has 0 fully saturated rings. The van der Waals surface area contributed by atoms with Crippen LogP contribution in [0, 0.1) is 17.8 Å². The second-order valence-corrected chi connectivity index (χ2v) is 23.8. The molecular weight excluding hydrogens is 1100 g/mol. The van der Waals surface area contributed by atoms with Gasteiger partial charge in [-0.25, -0.2) is 23.5 Å². The Bertz CT molecular complexity index is 2410. The average molecular weight is 1190 g/mol. The summed E-state index contributed by atoms with van der Waals surface area (Å²) in [6, 6.07) is 4.09. The molecule has 1 heterocycles. The van der Waals surface area contributed by atoms with Crippen LogP contribution < -0.4 is 27.0 Å². The standard InChI is InChI=1S/C54H89N7O18P2/c1-13-35(5)46-49(64)58-40(10)53(68)78-47(36(6)14-2)38(8)43(77-54(69)56-28-21-16-15-17-22-29-74-80(70,71)79-81(72,73)75-30-27-55)26-25-37(7)52(67)76-44(31-34(3)4)48(63)57-39(9)50(65)61(12)42(32-41-23-19-18-20-24-41)51(66)60(11)33-45(62)59-46/h14,18-20,23-25,34-35,38-40,42-44,46-47H,13,15-17,21-22,26-33,55H2,1-12H3,(H,56,69)(H,57,63)(H,58,64)(H,59,62)(H,70,71)(H,72,73)/b36-14+,37-25+/t35-,38+,39+,40-,42-,43+,44-,46+,47-/m1/s1. The second-order valence-electron chi connectivity index (χ2n) is 20.7. The van der Waals surface area contributed by atoms with Crippen LogP contribution in [0.5, 0.6) is 0 Å². The van der Waals surface area contributed by atoms with Crippen molar-refractivity contribution in [3.8, 4) is 0 Å². The number of rotatable bonds is 22. The summed E-state index contributed by atoms with van der Waals surface area (Å²) >= 11 is 0. The predicted octanol–water partition coefficient (Wildman–Crippen LogP) is 5.13. The molecule has 81 heavy (non-hydrogen) atoms. The van der Waals surface area contributed by atoms with Gasteiger partial charge in [-0.1, -0.05) is 103 Å².